The summed E-state index contributed by atoms with van der Waals surface area (Å²) in [6.45, 7) is 2.09. The van der Waals surface area contributed by atoms with Crippen LogP contribution in [0.15, 0.2) is 24.3 Å². The quantitative estimate of drug-likeness (QED) is 0.338. The van der Waals surface area contributed by atoms with Gasteiger partial charge < -0.3 is 27.0 Å². The summed E-state index contributed by atoms with van der Waals surface area (Å²) >= 11 is 0. The number of nitrogens with two attached hydrogens (primary N) is 1. The smallest absolute Gasteiger partial charge is 0.232 e. The van der Waals surface area contributed by atoms with Gasteiger partial charge in [0, 0.05) is 44.8 Å². The molecular formula is C17H25N5O3. The van der Waals surface area contributed by atoms with Gasteiger partial charge in [-0.1, -0.05) is 12.1 Å². The van der Waals surface area contributed by atoms with Gasteiger partial charge in [0.15, 0.2) is 0 Å². The van der Waals surface area contributed by atoms with Gasteiger partial charge in [-0.05, 0) is 24.1 Å². The van der Waals surface area contributed by atoms with Crippen LogP contribution >= 0.6 is 0 Å². The molecule has 6 N–H and O–H groups in total. The van der Waals surface area contributed by atoms with Crippen LogP contribution in [-0.2, 0) is 20.8 Å². The molecule has 1 heterocycles. The molecule has 25 heavy (non-hydrogen) atoms. The predicted molar refractivity (Wildman–Crippen MR) is 94.6 cm³/mol. The van der Waals surface area contributed by atoms with E-state index in [9.17, 15) is 14.4 Å². The van der Waals surface area contributed by atoms with Crippen molar-refractivity contribution in [1.82, 2.24) is 21.3 Å². The minimum atomic E-state index is -0.831. The van der Waals surface area contributed by atoms with Crippen molar-refractivity contribution in [2.75, 3.05) is 38.5 Å². The molecule has 1 aromatic rings. The Morgan fingerprint density at radius 2 is 1.44 bits per heavy atom. The van der Waals surface area contributed by atoms with Crippen LogP contribution in [0, 0.1) is 5.92 Å². The Bertz CT molecular complexity index is 603. The first-order valence-electron chi connectivity index (χ1n) is 8.43. The van der Waals surface area contributed by atoms with Gasteiger partial charge in [-0.25, -0.2) is 0 Å². The Hall–Kier alpha value is -2.61. The van der Waals surface area contributed by atoms with Gasteiger partial charge in [-0.15, -0.1) is 0 Å². The van der Waals surface area contributed by atoms with Crippen LogP contribution in [0.4, 0.5) is 5.69 Å². The molecule has 0 radical (unpaired) electrons. The van der Waals surface area contributed by atoms with Gasteiger partial charge in [-0.2, -0.15) is 0 Å². The summed E-state index contributed by atoms with van der Waals surface area (Å²) in [4.78, 5) is 36.4. The highest BCUT2D eigenvalue weighted by Gasteiger charge is 2.26. The van der Waals surface area contributed by atoms with Crippen LogP contribution in [0.1, 0.15) is 12.0 Å². The summed E-state index contributed by atoms with van der Waals surface area (Å²) in [6, 6.07) is 7.10. The van der Waals surface area contributed by atoms with Crippen LogP contribution in [0.25, 0.3) is 0 Å². The number of anilines is 1. The molecule has 0 saturated carbocycles. The Labute approximate surface area is 146 Å². The van der Waals surface area contributed by atoms with Crippen molar-refractivity contribution in [3.63, 3.8) is 0 Å². The highest BCUT2D eigenvalue weighted by molar-refractivity contribution is 6.00. The summed E-state index contributed by atoms with van der Waals surface area (Å²) in [6.07, 6.45) is 0.652. The van der Waals surface area contributed by atoms with Gasteiger partial charge >= 0.3 is 0 Å². The number of amides is 3. The number of hydrogen-bond acceptors (Lipinski definition) is 5. The van der Waals surface area contributed by atoms with E-state index in [1.807, 2.05) is 12.1 Å². The summed E-state index contributed by atoms with van der Waals surface area (Å²) in [7, 11) is 0. The molecule has 0 aromatic heterocycles. The van der Waals surface area contributed by atoms with Gasteiger partial charge in [0.05, 0.1) is 0 Å². The maximum atomic E-state index is 12.4. The second-order valence-corrected chi connectivity index (χ2v) is 5.93. The Kier molecular flexibility index (Phi) is 7.21. The zero-order valence-electron chi connectivity index (χ0n) is 14.1. The summed E-state index contributed by atoms with van der Waals surface area (Å²) in [5, 5.41) is 11.3. The zero-order valence-corrected chi connectivity index (χ0v) is 14.1. The SMILES string of the molecule is Nc1ccc(CC2C(=O)NCCNCCC(=O)NCCNC2=O)cc1. The van der Waals surface area contributed by atoms with E-state index in [2.05, 4.69) is 21.3 Å². The molecule has 136 valence electrons. The second kappa shape index (κ2) is 9.63. The van der Waals surface area contributed by atoms with Crippen molar-refractivity contribution >= 4 is 23.4 Å². The van der Waals surface area contributed by atoms with Gasteiger partial charge in [0.25, 0.3) is 0 Å². The largest absolute Gasteiger partial charge is 0.399 e. The molecule has 1 aliphatic heterocycles. The number of rotatable bonds is 2. The van der Waals surface area contributed by atoms with Crippen LogP contribution in [0.2, 0.25) is 0 Å². The van der Waals surface area contributed by atoms with Crippen molar-refractivity contribution in [2.24, 2.45) is 5.92 Å². The Morgan fingerprint density at radius 3 is 2.12 bits per heavy atom. The lowest BCUT2D eigenvalue weighted by Crippen LogP contribution is -2.46. The molecule has 1 atom stereocenters. The summed E-state index contributed by atoms with van der Waals surface area (Å²) in [5.74, 6) is -1.56. The number of carbonyl (C=O) groups is 3. The fourth-order valence-electron chi connectivity index (χ4n) is 2.52. The maximum absolute atomic E-state index is 12.4. The monoisotopic (exact) mass is 347 g/mol. The number of nitrogen functional groups attached to an aromatic ring is 1. The van der Waals surface area contributed by atoms with Crippen LogP contribution in [0.3, 0.4) is 0 Å². The fraction of sp³-hybridized carbons (Fsp3) is 0.471. The number of benzene rings is 1. The summed E-state index contributed by atoms with van der Waals surface area (Å²) in [5.41, 5.74) is 7.16. The lowest BCUT2D eigenvalue weighted by molar-refractivity contribution is -0.135. The minimum Gasteiger partial charge on any atom is -0.399 e. The van der Waals surface area contributed by atoms with Crippen LogP contribution in [0.5, 0.6) is 0 Å². The maximum Gasteiger partial charge on any atom is 0.232 e. The van der Waals surface area contributed by atoms with Gasteiger partial charge in [0.1, 0.15) is 5.92 Å². The average Bonchev–Trinajstić information content (AvgIpc) is 2.60. The molecule has 1 saturated heterocycles. The highest BCUT2D eigenvalue weighted by Crippen LogP contribution is 2.12. The van der Waals surface area contributed by atoms with E-state index in [1.165, 1.54) is 0 Å². The van der Waals surface area contributed by atoms with E-state index in [4.69, 9.17) is 5.73 Å². The molecule has 3 amide bonds. The van der Waals surface area contributed by atoms with E-state index in [-0.39, 0.29) is 30.7 Å². The standard InChI is InChI=1S/C17H25N5O3/c18-13-3-1-12(2-4-13)11-14-16(24)21-8-7-19-6-5-15(23)20-9-10-22-17(14)25/h1-4,14,19H,5-11,18H2,(H,20,23)(H,21,24)(H,22,25). The van der Waals surface area contributed by atoms with Crippen LogP contribution in [-0.4, -0.2) is 50.4 Å². The van der Waals surface area contributed by atoms with E-state index in [0.29, 0.717) is 38.3 Å². The average molecular weight is 347 g/mol. The normalized spacial score (nSPS) is 20.8. The van der Waals surface area contributed by atoms with Crippen LogP contribution < -0.4 is 27.0 Å². The lowest BCUT2D eigenvalue weighted by atomic mass is 9.97. The Morgan fingerprint density at radius 1 is 0.840 bits per heavy atom. The first-order chi connectivity index (χ1) is 12.1. The molecule has 1 aliphatic rings. The van der Waals surface area contributed by atoms with E-state index >= 15 is 0 Å². The predicted octanol–water partition coefficient (Wildman–Crippen LogP) is -1.23. The van der Waals surface area contributed by atoms with E-state index in [1.54, 1.807) is 12.1 Å². The van der Waals surface area contributed by atoms with E-state index < -0.39 is 5.92 Å². The first kappa shape index (κ1) is 18.7. The molecule has 2 rings (SSSR count). The third kappa shape index (κ3) is 6.42. The molecule has 1 fully saturated rings. The molecule has 0 aliphatic carbocycles. The third-order valence-electron chi connectivity index (χ3n) is 3.93. The molecule has 1 aromatic carbocycles. The highest BCUT2D eigenvalue weighted by atomic mass is 16.2. The third-order valence-corrected chi connectivity index (χ3v) is 3.93. The first-order valence-corrected chi connectivity index (χ1v) is 8.43. The van der Waals surface area contributed by atoms with Gasteiger partial charge in [0.2, 0.25) is 17.7 Å². The van der Waals surface area contributed by atoms with Crippen molar-refractivity contribution in [3.05, 3.63) is 29.8 Å². The van der Waals surface area contributed by atoms with Gasteiger partial charge in [-0.3, -0.25) is 14.4 Å². The zero-order chi connectivity index (χ0) is 18.1. The molecule has 0 bridgehead atoms. The van der Waals surface area contributed by atoms with E-state index in [0.717, 1.165) is 5.56 Å². The molecule has 8 heteroatoms. The fourth-order valence-corrected chi connectivity index (χ4v) is 2.52. The van der Waals surface area contributed by atoms with Crippen molar-refractivity contribution in [1.29, 1.82) is 0 Å². The number of carbonyl (C=O) groups excluding carboxylic acids is 3. The van der Waals surface area contributed by atoms with Crippen molar-refractivity contribution in [3.8, 4) is 0 Å². The van der Waals surface area contributed by atoms with Crippen molar-refractivity contribution in [2.45, 2.75) is 12.8 Å². The molecule has 8 nitrogen and oxygen atoms in total. The number of nitrogens with one attached hydrogen (secondary N) is 4. The minimum absolute atomic E-state index is 0.0683. The topological polar surface area (TPSA) is 125 Å². The lowest BCUT2D eigenvalue weighted by Gasteiger charge is -2.18. The van der Waals surface area contributed by atoms with Crippen molar-refractivity contribution < 1.29 is 14.4 Å². The Balaban J connectivity index is 2.03. The molecule has 1 unspecified atom stereocenters. The molecular weight excluding hydrogens is 322 g/mol. The second-order valence-electron chi connectivity index (χ2n) is 5.93. The number of hydrogen-bond donors (Lipinski definition) is 5. The summed E-state index contributed by atoms with van der Waals surface area (Å²) < 4.78 is 0. The molecule has 0 spiro atoms.